The summed E-state index contributed by atoms with van der Waals surface area (Å²) in [5, 5.41) is 9.53. The molecule has 22 heavy (non-hydrogen) atoms. The number of hydrogen-bond acceptors (Lipinski definition) is 5. The van der Waals surface area contributed by atoms with Crippen LogP contribution in [0.4, 0.5) is 5.82 Å². The first-order chi connectivity index (χ1) is 10.8. The highest BCUT2D eigenvalue weighted by molar-refractivity contribution is 5.57. The van der Waals surface area contributed by atoms with Crippen LogP contribution in [0.3, 0.4) is 0 Å². The fourth-order valence-corrected chi connectivity index (χ4v) is 3.85. The maximum absolute atomic E-state index is 9.53. The highest BCUT2D eigenvalue weighted by Crippen LogP contribution is 2.34. The van der Waals surface area contributed by atoms with E-state index in [0.717, 1.165) is 38.0 Å². The van der Waals surface area contributed by atoms with Gasteiger partial charge in [0.25, 0.3) is 0 Å². The van der Waals surface area contributed by atoms with E-state index in [1.54, 1.807) is 0 Å². The van der Waals surface area contributed by atoms with E-state index >= 15 is 0 Å². The number of rotatable bonds is 1. The third kappa shape index (κ3) is 2.37. The van der Waals surface area contributed by atoms with Gasteiger partial charge < -0.3 is 14.4 Å². The Labute approximate surface area is 130 Å². The molecule has 0 radical (unpaired) electrons. The van der Waals surface area contributed by atoms with Gasteiger partial charge in [0, 0.05) is 18.7 Å². The highest BCUT2D eigenvalue weighted by atomic mass is 16.7. The summed E-state index contributed by atoms with van der Waals surface area (Å²) in [6.07, 6.45) is 6.41. The van der Waals surface area contributed by atoms with Gasteiger partial charge in [0.05, 0.1) is 25.3 Å². The lowest BCUT2D eigenvalue weighted by molar-refractivity contribution is -0.161. The molecule has 5 nitrogen and oxygen atoms in total. The van der Waals surface area contributed by atoms with Crippen molar-refractivity contribution in [3.05, 3.63) is 22.9 Å². The summed E-state index contributed by atoms with van der Waals surface area (Å²) in [6.45, 7) is 2.91. The van der Waals surface area contributed by atoms with Crippen molar-refractivity contribution >= 4 is 5.82 Å². The van der Waals surface area contributed by atoms with Crippen molar-refractivity contribution in [1.82, 2.24) is 4.98 Å². The van der Waals surface area contributed by atoms with Crippen molar-refractivity contribution in [1.29, 1.82) is 5.26 Å². The summed E-state index contributed by atoms with van der Waals surface area (Å²) >= 11 is 0. The Kier molecular flexibility index (Phi) is 3.51. The minimum atomic E-state index is -0.484. The molecule has 0 amide bonds. The van der Waals surface area contributed by atoms with Gasteiger partial charge in [-0.2, -0.15) is 5.26 Å². The number of anilines is 1. The van der Waals surface area contributed by atoms with Crippen molar-refractivity contribution in [2.45, 2.75) is 44.3 Å². The Balaban J connectivity index is 1.67. The second-order valence-electron chi connectivity index (χ2n) is 6.42. The lowest BCUT2D eigenvalue weighted by atomic mass is 9.94. The van der Waals surface area contributed by atoms with Crippen LogP contribution >= 0.6 is 0 Å². The number of piperidine rings is 1. The minimum absolute atomic E-state index is 0.484. The monoisotopic (exact) mass is 299 g/mol. The van der Waals surface area contributed by atoms with E-state index < -0.39 is 5.79 Å². The number of nitrogens with zero attached hydrogens (tertiary/aromatic N) is 3. The van der Waals surface area contributed by atoms with Gasteiger partial charge in [0.1, 0.15) is 11.9 Å². The number of aryl methyl sites for hydroxylation is 2. The third-order valence-corrected chi connectivity index (χ3v) is 4.93. The molecule has 1 aromatic rings. The molecule has 4 rings (SSSR count). The van der Waals surface area contributed by atoms with Crippen LogP contribution in [0.1, 0.15) is 42.5 Å². The van der Waals surface area contributed by atoms with Gasteiger partial charge in [-0.1, -0.05) is 0 Å². The predicted octanol–water partition coefficient (Wildman–Crippen LogP) is 2.18. The molecular formula is C17H21N3O2. The van der Waals surface area contributed by atoms with E-state index in [0.29, 0.717) is 25.3 Å². The van der Waals surface area contributed by atoms with E-state index in [-0.39, 0.29) is 0 Å². The molecule has 1 aliphatic carbocycles. The van der Waals surface area contributed by atoms with Gasteiger partial charge in [-0.25, -0.2) is 4.98 Å². The molecule has 0 saturated carbocycles. The SMILES string of the molecule is N#Cc1cc2c(nc1N1CCCC3(C1)OCCO3)CCCC2. The van der Waals surface area contributed by atoms with Crippen molar-refractivity contribution in [3.63, 3.8) is 0 Å². The number of fused-ring (bicyclic) bond motifs is 1. The van der Waals surface area contributed by atoms with Crippen molar-refractivity contribution in [3.8, 4) is 6.07 Å². The zero-order chi connectivity index (χ0) is 15.0. The van der Waals surface area contributed by atoms with Crippen molar-refractivity contribution in [2.24, 2.45) is 0 Å². The fourth-order valence-electron chi connectivity index (χ4n) is 3.85. The topological polar surface area (TPSA) is 58.4 Å². The van der Waals surface area contributed by atoms with E-state index in [2.05, 4.69) is 17.0 Å². The molecule has 1 aromatic heterocycles. The van der Waals surface area contributed by atoms with Crippen LogP contribution in [0.25, 0.3) is 0 Å². The highest BCUT2D eigenvalue weighted by Gasteiger charge is 2.41. The molecule has 0 atom stereocenters. The van der Waals surface area contributed by atoms with Crippen LogP contribution in [0.15, 0.2) is 6.07 Å². The summed E-state index contributed by atoms with van der Waals surface area (Å²) in [5.74, 6) is 0.337. The smallest absolute Gasteiger partial charge is 0.186 e. The molecule has 0 aromatic carbocycles. The number of ether oxygens (including phenoxy) is 2. The molecule has 2 saturated heterocycles. The molecule has 3 aliphatic rings. The lowest BCUT2D eigenvalue weighted by Gasteiger charge is -2.39. The summed E-state index contributed by atoms with van der Waals surface area (Å²) in [5.41, 5.74) is 3.12. The number of hydrogen-bond donors (Lipinski definition) is 0. The molecule has 0 N–H and O–H groups in total. The fraction of sp³-hybridized carbons (Fsp3) is 0.647. The van der Waals surface area contributed by atoms with Crippen molar-refractivity contribution in [2.75, 3.05) is 31.2 Å². The minimum Gasteiger partial charge on any atom is -0.350 e. The number of aromatic nitrogens is 1. The Hall–Kier alpha value is -1.64. The zero-order valence-corrected chi connectivity index (χ0v) is 12.8. The first-order valence-corrected chi connectivity index (χ1v) is 8.25. The second-order valence-corrected chi connectivity index (χ2v) is 6.42. The zero-order valence-electron chi connectivity index (χ0n) is 12.8. The van der Waals surface area contributed by atoms with E-state index in [1.807, 2.05) is 0 Å². The average molecular weight is 299 g/mol. The van der Waals surface area contributed by atoms with E-state index in [1.165, 1.54) is 24.1 Å². The molecule has 3 heterocycles. The first kappa shape index (κ1) is 14.0. The molecule has 0 unspecified atom stereocenters. The summed E-state index contributed by atoms with van der Waals surface area (Å²) in [7, 11) is 0. The molecule has 2 aliphatic heterocycles. The molecule has 1 spiro atoms. The quantitative estimate of drug-likeness (QED) is 0.795. The molecule has 116 valence electrons. The second kappa shape index (κ2) is 5.53. The van der Waals surface area contributed by atoms with E-state index in [9.17, 15) is 5.26 Å². The molecule has 2 fully saturated rings. The van der Waals surface area contributed by atoms with Crippen LogP contribution in [0.2, 0.25) is 0 Å². The van der Waals surface area contributed by atoms with Crippen molar-refractivity contribution < 1.29 is 9.47 Å². The van der Waals surface area contributed by atoms with Gasteiger partial charge in [-0.3, -0.25) is 0 Å². The Morgan fingerprint density at radius 3 is 2.82 bits per heavy atom. The van der Waals surface area contributed by atoms with Crippen LogP contribution in [0.5, 0.6) is 0 Å². The van der Waals surface area contributed by atoms with Gasteiger partial charge in [0.15, 0.2) is 5.79 Å². The summed E-state index contributed by atoms with van der Waals surface area (Å²) in [6, 6.07) is 4.39. The van der Waals surface area contributed by atoms with Crippen LogP contribution in [-0.4, -0.2) is 37.1 Å². The Bertz CT molecular complexity index is 617. The van der Waals surface area contributed by atoms with Crippen LogP contribution in [0, 0.1) is 11.3 Å². The van der Waals surface area contributed by atoms with Gasteiger partial charge >= 0.3 is 0 Å². The number of pyridine rings is 1. The molecule has 5 heteroatoms. The lowest BCUT2D eigenvalue weighted by Crippen LogP contribution is -2.49. The Morgan fingerprint density at radius 1 is 1.18 bits per heavy atom. The number of nitriles is 1. The summed E-state index contributed by atoms with van der Waals surface area (Å²) < 4.78 is 11.7. The maximum Gasteiger partial charge on any atom is 0.186 e. The normalized spacial score (nSPS) is 23.3. The first-order valence-electron chi connectivity index (χ1n) is 8.25. The van der Waals surface area contributed by atoms with Gasteiger partial charge in [-0.05, 0) is 43.7 Å². The third-order valence-electron chi connectivity index (χ3n) is 4.93. The van der Waals surface area contributed by atoms with Gasteiger partial charge in [0.2, 0.25) is 0 Å². The van der Waals surface area contributed by atoms with Crippen LogP contribution in [-0.2, 0) is 22.3 Å². The van der Waals surface area contributed by atoms with Crippen LogP contribution < -0.4 is 4.90 Å². The predicted molar refractivity (Wildman–Crippen MR) is 81.7 cm³/mol. The maximum atomic E-state index is 9.53. The summed E-state index contributed by atoms with van der Waals surface area (Å²) in [4.78, 5) is 7.04. The molecule has 0 bridgehead atoms. The van der Waals surface area contributed by atoms with Gasteiger partial charge in [-0.15, -0.1) is 0 Å². The standard InChI is InChI=1S/C17H21N3O2/c18-11-14-10-13-4-1-2-5-15(13)19-16(14)20-7-3-6-17(12-20)21-8-9-22-17/h10H,1-9,12H2. The largest absolute Gasteiger partial charge is 0.350 e. The van der Waals surface area contributed by atoms with E-state index in [4.69, 9.17) is 14.5 Å². The molecular weight excluding hydrogens is 278 g/mol. The average Bonchev–Trinajstić information content (AvgIpc) is 3.01. The Morgan fingerprint density at radius 2 is 2.00 bits per heavy atom.